The van der Waals surface area contributed by atoms with Crippen LogP contribution in [-0.4, -0.2) is 30.0 Å². The van der Waals surface area contributed by atoms with Gasteiger partial charge in [0.1, 0.15) is 0 Å². The molecule has 0 saturated carbocycles. The number of hydrogen-bond acceptors (Lipinski definition) is 3. The normalized spacial score (nSPS) is 20.2. The fourth-order valence-corrected chi connectivity index (χ4v) is 2.01. The van der Waals surface area contributed by atoms with E-state index >= 15 is 0 Å². The largest absolute Gasteiger partial charge is 0.463 e. The molecule has 1 atom stereocenters. The zero-order valence-electron chi connectivity index (χ0n) is 9.30. The van der Waals surface area contributed by atoms with E-state index in [9.17, 15) is 9.59 Å². The first-order valence-electron chi connectivity index (χ1n) is 5.17. The van der Waals surface area contributed by atoms with Crippen LogP contribution in [-0.2, 0) is 9.53 Å². The Labute approximate surface area is 103 Å². The van der Waals surface area contributed by atoms with E-state index in [0.29, 0.717) is 29.6 Å². The summed E-state index contributed by atoms with van der Waals surface area (Å²) in [7, 11) is 0. The monoisotopic (exact) mass is 290 g/mol. The highest BCUT2D eigenvalue weighted by atomic mass is 79.9. The van der Waals surface area contributed by atoms with Crippen LogP contribution in [0, 0.1) is 0 Å². The number of urea groups is 1. The Kier molecular flexibility index (Phi) is 4.79. The molecular formula is C10H15BrN2O3. The van der Waals surface area contributed by atoms with E-state index in [4.69, 9.17) is 4.74 Å². The molecule has 1 aliphatic heterocycles. The smallest absolute Gasteiger partial charge is 0.337 e. The van der Waals surface area contributed by atoms with E-state index in [0.717, 1.165) is 0 Å². The Balaban J connectivity index is 3.02. The van der Waals surface area contributed by atoms with E-state index in [1.807, 2.05) is 6.92 Å². The van der Waals surface area contributed by atoms with Crippen LogP contribution in [0.5, 0.6) is 0 Å². The van der Waals surface area contributed by atoms with Gasteiger partial charge in [-0.15, -0.1) is 0 Å². The Hall–Kier alpha value is -1.04. The molecule has 5 nitrogen and oxygen atoms in total. The van der Waals surface area contributed by atoms with Gasteiger partial charge in [0, 0.05) is 11.0 Å². The summed E-state index contributed by atoms with van der Waals surface area (Å²) in [4.78, 5) is 23.0. The third-order valence-electron chi connectivity index (χ3n) is 2.28. The Morgan fingerprint density at radius 3 is 2.69 bits per heavy atom. The van der Waals surface area contributed by atoms with Crippen LogP contribution in [0.4, 0.5) is 4.79 Å². The number of carbonyl (C=O) groups is 2. The molecular weight excluding hydrogens is 276 g/mol. The molecule has 90 valence electrons. The van der Waals surface area contributed by atoms with Gasteiger partial charge in [-0.3, -0.25) is 0 Å². The Morgan fingerprint density at radius 1 is 1.50 bits per heavy atom. The minimum absolute atomic E-state index is 0.277. The van der Waals surface area contributed by atoms with Crippen molar-refractivity contribution in [3.05, 3.63) is 11.3 Å². The van der Waals surface area contributed by atoms with Crippen molar-refractivity contribution in [1.29, 1.82) is 0 Å². The second-order valence-corrected chi connectivity index (χ2v) is 3.87. The van der Waals surface area contributed by atoms with Crippen molar-refractivity contribution in [3.63, 3.8) is 0 Å². The second-order valence-electron chi connectivity index (χ2n) is 3.31. The molecule has 2 N–H and O–H groups in total. The van der Waals surface area contributed by atoms with Crippen LogP contribution in [0.2, 0.25) is 0 Å². The van der Waals surface area contributed by atoms with Gasteiger partial charge in [-0.05, 0) is 13.3 Å². The summed E-state index contributed by atoms with van der Waals surface area (Å²) in [5.41, 5.74) is 1.08. The lowest BCUT2D eigenvalue weighted by molar-refractivity contribution is -0.139. The topological polar surface area (TPSA) is 67.4 Å². The molecule has 0 bridgehead atoms. The molecule has 0 radical (unpaired) electrons. The molecule has 2 amide bonds. The maximum Gasteiger partial charge on any atom is 0.337 e. The minimum atomic E-state index is -0.378. The molecule has 0 saturated heterocycles. The van der Waals surface area contributed by atoms with Crippen LogP contribution in [0.3, 0.4) is 0 Å². The zero-order chi connectivity index (χ0) is 12.1. The predicted octanol–water partition coefficient (Wildman–Crippen LogP) is 1.29. The lowest BCUT2D eigenvalue weighted by atomic mass is 10.0. The third kappa shape index (κ3) is 2.75. The van der Waals surface area contributed by atoms with Crippen molar-refractivity contribution in [2.45, 2.75) is 26.3 Å². The molecule has 0 fully saturated rings. The summed E-state index contributed by atoms with van der Waals surface area (Å²) in [6, 6.07) is -0.560. The van der Waals surface area contributed by atoms with Gasteiger partial charge in [-0.25, -0.2) is 9.59 Å². The van der Waals surface area contributed by atoms with Crippen molar-refractivity contribution in [1.82, 2.24) is 10.6 Å². The molecule has 0 aliphatic carbocycles. The van der Waals surface area contributed by atoms with Gasteiger partial charge in [0.25, 0.3) is 0 Å². The van der Waals surface area contributed by atoms with Crippen LogP contribution in [0.25, 0.3) is 0 Å². The van der Waals surface area contributed by atoms with Gasteiger partial charge in [0.2, 0.25) is 0 Å². The summed E-state index contributed by atoms with van der Waals surface area (Å²) >= 11 is 3.25. The van der Waals surface area contributed by atoms with Crippen LogP contribution >= 0.6 is 15.9 Å². The first-order valence-corrected chi connectivity index (χ1v) is 6.29. The number of ether oxygens (including phenoxy) is 1. The van der Waals surface area contributed by atoms with Crippen LogP contribution < -0.4 is 10.6 Å². The molecule has 0 spiro atoms. The number of halogens is 1. The highest BCUT2D eigenvalue weighted by Crippen LogP contribution is 2.18. The number of carbonyl (C=O) groups excluding carboxylic acids is 2. The SMILES string of the molecule is CCOC(=O)C1=C(CBr)NC(=O)NC1CC. The highest BCUT2D eigenvalue weighted by Gasteiger charge is 2.30. The minimum Gasteiger partial charge on any atom is -0.463 e. The maximum absolute atomic E-state index is 11.8. The average molecular weight is 291 g/mol. The van der Waals surface area contributed by atoms with Crippen molar-refractivity contribution in [2.75, 3.05) is 11.9 Å². The third-order valence-corrected chi connectivity index (χ3v) is 2.84. The van der Waals surface area contributed by atoms with Crippen molar-refractivity contribution in [2.24, 2.45) is 0 Å². The summed E-state index contributed by atoms with van der Waals surface area (Å²) in [5.74, 6) is -0.378. The van der Waals surface area contributed by atoms with E-state index in [2.05, 4.69) is 26.6 Å². The van der Waals surface area contributed by atoms with Gasteiger partial charge in [-0.1, -0.05) is 22.9 Å². The number of nitrogens with one attached hydrogen (secondary N) is 2. The number of allylic oxidation sites excluding steroid dienone is 1. The van der Waals surface area contributed by atoms with E-state index in [1.54, 1.807) is 6.92 Å². The predicted molar refractivity (Wildman–Crippen MR) is 63.2 cm³/mol. The summed E-state index contributed by atoms with van der Waals surface area (Å²) in [6.07, 6.45) is 0.651. The number of hydrogen-bond donors (Lipinski definition) is 2. The first kappa shape index (κ1) is 13.0. The molecule has 1 rings (SSSR count). The molecule has 1 unspecified atom stereocenters. The van der Waals surface area contributed by atoms with E-state index < -0.39 is 0 Å². The van der Waals surface area contributed by atoms with Crippen molar-refractivity contribution < 1.29 is 14.3 Å². The van der Waals surface area contributed by atoms with Crippen LogP contribution in [0.15, 0.2) is 11.3 Å². The molecule has 0 aromatic heterocycles. The van der Waals surface area contributed by atoms with Gasteiger partial charge >= 0.3 is 12.0 Å². The average Bonchev–Trinajstić information content (AvgIpc) is 2.27. The van der Waals surface area contributed by atoms with Gasteiger partial charge in [0.15, 0.2) is 0 Å². The standard InChI is InChI=1S/C10H15BrN2O3/c1-3-6-8(9(14)16-4-2)7(5-11)13-10(15)12-6/h6H,3-5H2,1-2H3,(H2,12,13,15). The second kappa shape index (κ2) is 5.89. The molecule has 1 aliphatic rings. The van der Waals surface area contributed by atoms with Gasteiger partial charge in [-0.2, -0.15) is 0 Å². The zero-order valence-corrected chi connectivity index (χ0v) is 10.9. The summed E-state index contributed by atoms with van der Waals surface area (Å²) in [6.45, 7) is 3.98. The summed E-state index contributed by atoms with van der Waals surface area (Å²) in [5, 5.41) is 5.71. The molecule has 0 aromatic rings. The van der Waals surface area contributed by atoms with Gasteiger partial charge in [0.05, 0.1) is 18.2 Å². The number of alkyl halides is 1. The number of esters is 1. The summed E-state index contributed by atoms with van der Waals surface area (Å²) < 4.78 is 4.97. The fourth-order valence-electron chi connectivity index (χ4n) is 1.57. The lowest BCUT2D eigenvalue weighted by Crippen LogP contribution is -2.50. The Morgan fingerprint density at radius 2 is 2.19 bits per heavy atom. The van der Waals surface area contributed by atoms with Gasteiger partial charge < -0.3 is 15.4 Å². The Bertz CT molecular complexity index is 328. The van der Waals surface area contributed by atoms with Crippen molar-refractivity contribution >= 4 is 27.9 Å². The number of amides is 2. The van der Waals surface area contributed by atoms with E-state index in [1.165, 1.54) is 0 Å². The fraction of sp³-hybridized carbons (Fsp3) is 0.600. The lowest BCUT2D eigenvalue weighted by Gasteiger charge is -2.27. The van der Waals surface area contributed by atoms with Crippen molar-refractivity contribution in [3.8, 4) is 0 Å². The molecule has 6 heteroatoms. The quantitative estimate of drug-likeness (QED) is 0.606. The highest BCUT2D eigenvalue weighted by molar-refractivity contribution is 9.09. The first-order chi connectivity index (χ1) is 7.63. The molecule has 16 heavy (non-hydrogen) atoms. The van der Waals surface area contributed by atoms with Crippen LogP contribution in [0.1, 0.15) is 20.3 Å². The molecule has 0 aromatic carbocycles. The maximum atomic E-state index is 11.8. The number of rotatable bonds is 4. The molecule has 1 heterocycles. The van der Waals surface area contributed by atoms with E-state index in [-0.39, 0.29) is 18.0 Å².